The maximum absolute atomic E-state index is 13.2. The Labute approximate surface area is 99.2 Å². The summed E-state index contributed by atoms with van der Waals surface area (Å²) < 4.78 is 19.2. The number of nitrogens with one attached hydrogen (secondary N) is 1. The minimum absolute atomic E-state index is 0.260. The van der Waals surface area contributed by atoms with E-state index in [1.54, 1.807) is 6.26 Å². The maximum atomic E-state index is 13.2. The molecule has 0 spiro atoms. The van der Waals surface area contributed by atoms with Crippen LogP contribution in [0.4, 0.5) is 4.39 Å². The molecule has 2 aromatic heterocycles. The molecule has 0 saturated heterocycles. The average molecular weight is 280 g/mol. The first kappa shape index (κ1) is 9.66. The summed E-state index contributed by atoms with van der Waals surface area (Å²) in [6, 6.07) is 8.46. The smallest absolute Gasteiger partial charge is 0.150 e. The van der Waals surface area contributed by atoms with E-state index in [0.29, 0.717) is 4.47 Å². The van der Waals surface area contributed by atoms with Crippen LogP contribution in [-0.2, 0) is 0 Å². The van der Waals surface area contributed by atoms with Crippen LogP contribution in [0.1, 0.15) is 0 Å². The Morgan fingerprint density at radius 3 is 2.88 bits per heavy atom. The molecule has 0 aliphatic rings. The third kappa shape index (κ3) is 1.46. The topological polar surface area (TPSA) is 28.9 Å². The van der Waals surface area contributed by atoms with Gasteiger partial charge in [-0.2, -0.15) is 0 Å². The highest BCUT2D eigenvalue weighted by Crippen LogP contribution is 2.29. The van der Waals surface area contributed by atoms with Crippen molar-refractivity contribution >= 4 is 26.8 Å². The van der Waals surface area contributed by atoms with E-state index in [4.69, 9.17) is 4.42 Å². The normalized spacial score (nSPS) is 11.1. The molecule has 0 amide bonds. The molecule has 1 aromatic carbocycles. The molecule has 0 unspecified atom stereocenters. The summed E-state index contributed by atoms with van der Waals surface area (Å²) in [5.41, 5.74) is 1.71. The quantitative estimate of drug-likeness (QED) is 0.706. The van der Waals surface area contributed by atoms with E-state index in [2.05, 4.69) is 20.9 Å². The number of aromatic nitrogens is 1. The fourth-order valence-electron chi connectivity index (χ4n) is 1.73. The largest absolute Gasteiger partial charge is 0.463 e. The summed E-state index contributed by atoms with van der Waals surface area (Å²) >= 11 is 3.32. The van der Waals surface area contributed by atoms with Crippen molar-refractivity contribution in [1.29, 1.82) is 0 Å². The summed E-state index contributed by atoms with van der Waals surface area (Å²) in [7, 11) is 0. The number of aromatic amines is 1. The van der Waals surface area contributed by atoms with Crippen molar-refractivity contribution in [1.82, 2.24) is 4.98 Å². The zero-order valence-corrected chi connectivity index (χ0v) is 9.71. The first-order valence-corrected chi connectivity index (χ1v) is 5.55. The molecule has 2 nitrogen and oxygen atoms in total. The number of hydrogen-bond donors (Lipinski definition) is 1. The lowest BCUT2D eigenvalue weighted by molar-refractivity contribution is 0.580. The SMILES string of the molecule is Fc1cc(Br)c2[nH]c(-c3ccco3)cc2c1. The van der Waals surface area contributed by atoms with Gasteiger partial charge in [0.2, 0.25) is 0 Å². The fourth-order valence-corrected chi connectivity index (χ4v) is 2.28. The highest BCUT2D eigenvalue weighted by atomic mass is 79.9. The second kappa shape index (κ2) is 3.49. The molecule has 1 N–H and O–H groups in total. The van der Waals surface area contributed by atoms with Crippen LogP contribution in [0.25, 0.3) is 22.4 Å². The van der Waals surface area contributed by atoms with E-state index in [-0.39, 0.29) is 5.82 Å². The number of fused-ring (bicyclic) bond motifs is 1. The standard InChI is InChI=1S/C12H7BrFNO/c13-9-6-8(14)4-7-5-10(15-12(7)9)11-2-1-3-16-11/h1-6,15H. The molecule has 0 saturated carbocycles. The summed E-state index contributed by atoms with van der Waals surface area (Å²) in [5.74, 6) is 0.480. The third-order valence-corrected chi connectivity index (χ3v) is 3.06. The number of H-pyrrole nitrogens is 1. The minimum atomic E-state index is -0.260. The van der Waals surface area contributed by atoms with Crippen LogP contribution in [0.5, 0.6) is 0 Å². The van der Waals surface area contributed by atoms with Crippen LogP contribution in [0.15, 0.2) is 45.5 Å². The summed E-state index contributed by atoms with van der Waals surface area (Å²) in [5, 5.41) is 0.818. The van der Waals surface area contributed by atoms with E-state index in [9.17, 15) is 4.39 Å². The number of furan rings is 1. The Balaban J connectivity index is 2.27. The number of benzene rings is 1. The van der Waals surface area contributed by atoms with Crippen molar-refractivity contribution in [2.45, 2.75) is 0 Å². The van der Waals surface area contributed by atoms with Crippen LogP contribution >= 0.6 is 15.9 Å². The monoisotopic (exact) mass is 279 g/mol. The van der Waals surface area contributed by atoms with Crippen molar-refractivity contribution < 1.29 is 8.81 Å². The van der Waals surface area contributed by atoms with E-state index >= 15 is 0 Å². The molecule has 3 rings (SSSR count). The van der Waals surface area contributed by atoms with Gasteiger partial charge in [0.1, 0.15) is 11.6 Å². The van der Waals surface area contributed by atoms with Crippen LogP contribution in [-0.4, -0.2) is 4.98 Å². The van der Waals surface area contributed by atoms with Crippen molar-refractivity contribution in [2.24, 2.45) is 0 Å². The summed E-state index contributed by atoms with van der Waals surface area (Å²) in [6.07, 6.45) is 1.61. The minimum Gasteiger partial charge on any atom is -0.463 e. The maximum Gasteiger partial charge on any atom is 0.150 e. The molecule has 0 fully saturated rings. The van der Waals surface area contributed by atoms with Gasteiger partial charge >= 0.3 is 0 Å². The Morgan fingerprint density at radius 1 is 1.25 bits per heavy atom. The second-order valence-electron chi connectivity index (χ2n) is 3.51. The molecule has 0 atom stereocenters. The Morgan fingerprint density at radius 2 is 2.12 bits per heavy atom. The molecule has 4 heteroatoms. The van der Waals surface area contributed by atoms with E-state index in [1.165, 1.54) is 12.1 Å². The number of halogens is 2. The molecule has 0 bridgehead atoms. The Bertz CT molecular complexity index is 642. The molecule has 0 radical (unpaired) electrons. The molecular formula is C12H7BrFNO. The van der Waals surface area contributed by atoms with Gasteiger partial charge in [0.25, 0.3) is 0 Å². The van der Waals surface area contributed by atoms with Gasteiger partial charge in [0, 0.05) is 9.86 Å². The Hall–Kier alpha value is -1.55. The first-order chi connectivity index (χ1) is 7.74. The third-order valence-electron chi connectivity index (χ3n) is 2.43. The van der Waals surface area contributed by atoms with E-state index < -0.39 is 0 Å². The van der Waals surface area contributed by atoms with Crippen LogP contribution in [0.3, 0.4) is 0 Å². The van der Waals surface area contributed by atoms with Crippen LogP contribution in [0, 0.1) is 5.82 Å². The second-order valence-corrected chi connectivity index (χ2v) is 4.37. The van der Waals surface area contributed by atoms with Gasteiger partial charge in [-0.15, -0.1) is 0 Å². The molecule has 80 valence electrons. The molecular weight excluding hydrogens is 273 g/mol. The predicted octanol–water partition coefficient (Wildman–Crippen LogP) is 4.33. The summed E-state index contributed by atoms with van der Waals surface area (Å²) in [6.45, 7) is 0. The number of hydrogen-bond acceptors (Lipinski definition) is 1. The highest BCUT2D eigenvalue weighted by Gasteiger charge is 2.09. The average Bonchev–Trinajstić information content (AvgIpc) is 2.82. The zero-order chi connectivity index (χ0) is 11.1. The highest BCUT2D eigenvalue weighted by molar-refractivity contribution is 9.10. The molecule has 3 aromatic rings. The van der Waals surface area contributed by atoms with Gasteiger partial charge in [-0.05, 0) is 46.3 Å². The van der Waals surface area contributed by atoms with Gasteiger partial charge < -0.3 is 9.40 Å². The molecule has 0 aliphatic carbocycles. The predicted molar refractivity (Wildman–Crippen MR) is 63.7 cm³/mol. The zero-order valence-electron chi connectivity index (χ0n) is 8.13. The fraction of sp³-hybridized carbons (Fsp3) is 0. The van der Waals surface area contributed by atoms with E-state index in [1.807, 2.05) is 18.2 Å². The van der Waals surface area contributed by atoms with Crippen LogP contribution in [0.2, 0.25) is 0 Å². The van der Waals surface area contributed by atoms with Gasteiger partial charge in [0.05, 0.1) is 17.5 Å². The van der Waals surface area contributed by atoms with Gasteiger partial charge in [-0.1, -0.05) is 0 Å². The first-order valence-electron chi connectivity index (χ1n) is 4.76. The lowest BCUT2D eigenvalue weighted by Crippen LogP contribution is -1.76. The van der Waals surface area contributed by atoms with Crippen molar-refractivity contribution in [3.8, 4) is 11.5 Å². The van der Waals surface area contributed by atoms with Crippen molar-refractivity contribution in [3.63, 3.8) is 0 Å². The molecule has 16 heavy (non-hydrogen) atoms. The van der Waals surface area contributed by atoms with Gasteiger partial charge in [-0.25, -0.2) is 4.39 Å². The number of rotatable bonds is 1. The van der Waals surface area contributed by atoms with Gasteiger partial charge in [-0.3, -0.25) is 0 Å². The lowest BCUT2D eigenvalue weighted by atomic mass is 10.2. The van der Waals surface area contributed by atoms with Crippen molar-refractivity contribution in [2.75, 3.05) is 0 Å². The summed E-state index contributed by atoms with van der Waals surface area (Å²) in [4.78, 5) is 3.19. The van der Waals surface area contributed by atoms with Crippen molar-refractivity contribution in [3.05, 3.63) is 46.9 Å². The molecule has 2 heterocycles. The lowest BCUT2D eigenvalue weighted by Gasteiger charge is -1.94. The van der Waals surface area contributed by atoms with E-state index in [0.717, 1.165) is 22.4 Å². The Kier molecular flexibility index (Phi) is 2.11. The van der Waals surface area contributed by atoms with Gasteiger partial charge in [0.15, 0.2) is 0 Å². The van der Waals surface area contributed by atoms with Crippen LogP contribution < -0.4 is 0 Å². The molecule has 0 aliphatic heterocycles.